The van der Waals surface area contributed by atoms with Gasteiger partial charge in [0.2, 0.25) is 0 Å². The minimum absolute atomic E-state index is 0.144. The van der Waals surface area contributed by atoms with E-state index < -0.39 is 0 Å². The number of carbonyl (C=O) groups is 1. The summed E-state index contributed by atoms with van der Waals surface area (Å²) in [5, 5.41) is 9.13. The van der Waals surface area contributed by atoms with Crippen molar-refractivity contribution in [3.05, 3.63) is 64.9 Å². The van der Waals surface area contributed by atoms with E-state index in [1.54, 1.807) is 0 Å². The van der Waals surface area contributed by atoms with Crippen LogP contribution in [0, 0.1) is 0 Å². The van der Waals surface area contributed by atoms with Crippen LogP contribution in [0.2, 0.25) is 0 Å². The normalized spacial score (nSPS) is 10.9. The van der Waals surface area contributed by atoms with Crippen molar-refractivity contribution >= 4 is 33.7 Å². The largest absolute Gasteiger partial charge is 0.486 e. The van der Waals surface area contributed by atoms with Gasteiger partial charge in [-0.05, 0) is 50.2 Å². The van der Waals surface area contributed by atoms with E-state index in [4.69, 9.17) is 9.47 Å². The number of hydrogen-bond acceptors (Lipinski definition) is 6. The second-order valence-corrected chi connectivity index (χ2v) is 8.00. The molecule has 0 radical (unpaired) electrons. The second-order valence-electron chi connectivity index (χ2n) is 6.14. The van der Waals surface area contributed by atoms with Crippen molar-refractivity contribution in [2.24, 2.45) is 0 Å². The van der Waals surface area contributed by atoms with Gasteiger partial charge >= 0.3 is 5.97 Å². The van der Waals surface area contributed by atoms with E-state index in [9.17, 15) is 4.79 Å². The molecule has 0 aliphatic heterocycles. The number of thioether (sulfide) groups is 1. The van der Waals surface area contributed by atoms with Crippen molar-refractivity contribution in [1.82, 2.24) is 14.8 Å². The van der Waals surface area contributed by atoms with E-state index in [1.807, 2.05) is 73.0 Å². The molecule has 0 aliphatic carbocycles. The van der Waals surface area contributed by atoms with Crippen LogP contribution in [0.5, 0.6) is 5.75 Å². The van der Waals surface area contributed by atoms with Crippen molar-refractivity contribution < 1.29 is 14.3 Å². The molecular weight excluding hydrogens is 442 g/mol. The molecule has 146 valence electrons. The van der Waals surface area contributed by atoms with E-state index >= 15 is 0 Å². The molecule has 0 atom stereocenters. The molecule has 0 N–H and O–H groups in total. The first kappa shape index (κ1) is 20.4. The van der Waals surface area contributed by atoms with Crippen LogP contribution >= 0.6 is 27.7 Å². The Morgan fingerprint density at radius 1 is 1.11 bits per heavy atom. The van der Waals surface area contributed by atoms with E-state index in [-0.39, 0.29) is 24.4 Å². The highest BCUT2D eigenvalue weighted by Crippen LogP contribution is 2.24. The number of halogens is 1. The molecule has 8 heteroatoms. The lowest BCUT2D eigenvalue weighted by Gasteiger charge is -2.11. The second kappa shape index (κ2) is 9.75. The molecule has 0 amide bonds. The van der Waals surface area contributed by atoms with Gasteiger partial charge in [0.15, 0.2) is 11.0 Å². The summed E-state index contributed by atoms with van der Waals surface area (Å²) in [7, 11) is 0. The minimum Gasteiger partial charge on any atom is -0.486 e. The summed E-state index contributed by atoms with van der Waals surface area (Å²) in [4.78, 5) is 11.9. The lowest BCUT2D eigenvalue weighted by atomic mass is 10.3. The lowest BCUT2D eigenvalue weighted by Crippen LogP contribution is -2.14. The van der Waals surface area contributed by atoms with Gasteiger partial charge in [-0.1, -0.05) is 45.9 Å². The Bertz CT molecular complexity index is 914. The summed E-state index contributed by atoms with van der Waals surface area (Å²) in [6.45, 7) is 3.90. The molecule has 6 nitrogen and oxygen atoms in total. The fraction of sp³-hybridized carbons (Fsp3) is 0.250. The number of aromatic nitrogens is 3. The quantitative estimate of drug-likeness (QED) is 0.359. The monoisotopic (exact) mass is 461 g/mol. The number of hydrogen-bond donors (Lipinski definition) is 0. The van der Waals surface area contributed by atoms with Crippen LogP contribution < -0.4 is 4.74 Å². The number of carbonyl (C=O) groups excluding carboxylic acids is 1. The number of benzene rings is 2. The van der Waals surface area contributed by atoms with E-state index in [2.05, 4.69) is 26.1 Å². The van der Waals surface area contributed by atoms with Crippen LogP contribution in [-0.4, -0.2) is 32.6 Å². The van der Waals surface area contributed by atoms with Crippen LogP contribution in [0.3, 0.4) is 0 Å². The zero-order valence-corrected chi connectivity index (χ0v) is 17.9. The maximum Gasteiger partial charge on any atom is 0.316 e. The SMILES string of the molecule is CC(C)OC(=O)CSc1nnc(COc2ccc(Br)cc2)n1-c1ccccc1. The molecule has 2 aromatic carbocycles. The molecule has 0 bridgehead atoms. The van der Waals surface area contributed by atoms with Crippen LogP contribution in [0.15, 0.2) is 64.2 Å². The zero-order valence-electron chi connectivity index (χ0n) is 15.5. The maximum absolute atomic E-state index is 11.9. The molecular formula is C20H20BrN3O3S. The number of ether oxygens (including phenoxy) is 2. The number of rotatable bonds is 8. The van der Waals surface area contributed by atoms with Gasteiger partial charge < -0.3 is 9.47 Å². The molecule has 3 aromatic rings. The summed E-state index contributed by atoms with van der Waals surface area (Å²) in [5.41, 5.74) is 0.904. The van der Waals surface area contributed by atoms with Gasteiger partial charge in [0, 0.05) is 10.2 Å². The fourth-order valence-corrected chi connectivity index (χ4v) is 3.44. The topological polar surface area (TPSA) is 66.2 Å². The van der Waals surface area contributed by atoms with E-state index in [1.165, 1.54) is 11.8 Å². The Morgan fingerprint density at radius 3 is 2.50 bits per heavy atom. The van der Waals surface area contributed by atoms with Gasteiger partial charge in [0.1, 0.15) is 12.4 Å². The van der Waals surface area contributed by atoms with Gasteiger partial charge in [-0.15, -0.1) is 10.2 Å². The summed E-state index contributed by atoms with van der Waals surface area (Å²) in [5.74, 6) is 1.26. The van der Waals surface area contributed by atoms with Gasteiger partial charge in [-0.2, -0.15) is 0 Å². The van der Waals surface area contributed by atoms with Crippen molar-refractivity contribution in [1.29, 1.82) is 0 Å². The third-order valence-electron chi connectivity index (χ3n) is 3.58. The summed E-state index contributed by atoms with van der Waals surface area (Å²) < 4.78 is 13.9. The van der Waals surface area contributed by atoms with Gasteiger partial charge in [-0.25, -0.2) is 0 Å². The van der Waals surface area contributed by atoms with Crippen molar-refractivity contribution in [2.45, 2.75) is 31.7 Å². The molecule has 3 rings (SSSR count). The molecule has 0 saturated carbocycles. The Morgan fingerprint density at radius 2 is 1.82 bits per heavy atom. The molecule has 0 unspecified atom stereocenters. The van der Waals surface area contributed by atoms with Gasteiger partial charge in [0.25, 0.3) is 0 Å². The van der Waals surface area contributed by atoms with Crippen molar-refractivity contribution in [2.75, 3.05) is 5.75 Å². The molecule has 0 saturated heterocycles. The van der Waals surface area contributed by atoms with Crippen molar-refractivity contribution in [3.8, 4) is 11.4 Å². The summed E-state index contributed by atoms with van der Waals surface area (Å²) >= 11 is 4.70. The molecule has 0 aliphatic rings. The minimum atomic E-state index is -0.282. The lowest BCUT2D eigenvalue weighted by molar-refractivity contribution is -0.144. The van der Waals surface area contributed by atoms with Crippen LogP contribution in [0.4, 0.5) is 0 Å². The van der Waals surface area contributed by atoms with Gasteiger partial charge in [0.05, 0.1) is 11.9 Å². The first-order valence-corrected chi connectivity index (χ1v) is 10.5. The highest BCUT2D eigenvalue weighted by Gasteiger charge is 2.17. The van der Waals surface area contributed by atoms with E-state index in [0.717, 1.165) is 15.9 Å². The van der Waals surface area contributed by atoms with Crippen molar-refractivity contribution in [3.63, 3.8) is 0 Å². The summed E-state index contributed by atoms with van der Waals surface area (Å²) in [6, 6.07) is 17.3. The van der Waals surface area contributed by atoms with Crippen LogP contribution in [-0.2, 0) is 16.1 Å². The van der Waals surface area contributed by atoms with Gasteiger partial charge in [-0.3, -0.25) is 9.36 Å². The third-order valence-corrected chi connectivity index (χ3v) is 5.01. The Labute approximate surface area is 176 Å². The molecule has 0 spiro atoms. The standard InChI is InChI=1S/C20H20BrN3O3S/c1-14(2)27-19(25)13-28-20-23-22-18(24(20)16-6-4-3-5-7-16)12-26-17-10-8-15(21)9-11-17/h3-11,14H,12-13H2,1-2H3. The highest BCUT2D eigenvalue weighted by atomic mass is 79.9. The Hall–Kier alpha value is -2.32. The predicted molar refractivity (Wildman–Crippen MR) is 112 cm³/mol. The van der Waals surface area contributed by atoms with E-state index in [0.29, 0.717) is 11.0 Å². The predicted octanol–water partition coefficient (Wildman–Crippen LogP) is 4.65. The molecule has 1 heterocycles. The Kier molecular flexibility index (Phi) is 7.11. The Balaban J connectivity index is 1.78. The third kappa shape index (κ3) is 5.59. The van der Waals surface area contributed by atoms with Crippen LogP contribution in [0.25, 0.3) is 5.69 Å². The van der Waals surface area contributed by atoms with Crippen LogP contribution in [0.1, 0.15) is 19.7 Å². The number of esters is 1. The highest BCUT2D eigenvalue weighted by molar-refractivity contribution is 9.10. The summed E-state index contributed by atoms with van der Waals surface area (Å²) in [6.07, 6.45) is -0.144. The number of nitrogens with zero attached hydrogens (tertiary/aromatic N) is 3. The molecule has 28 heavy (non-hydrogen) atoms. The number of para-hydroxylation sites is 1. The smallest absolute Gasteiger partial charge is 0.316 e. The fourth-order valence-electron chi connectivity index (χ4n) is 2.42. The molecule has 1 aromatic heterocycles. The molecule has 0 fully saturated rings. The average molecular weight is 462 g/mol. The first-order valence-electron chi connectivity index (χ1n) is 8.73. The maximum atomic E-state index is 11.9. The first-order chi connectivity index (χ1) is 13.5. The zero-order chi connectivity index (χ0) is 19.9. The average Bonchev–Trinajstić information content (AvgIpc) is 3.09.